The van der Waals surface area contributed by atoms with Gasteiger partial charge in [0, 0.05) is 17.5 Å². The smallest absolute Gasteiger partial charge is 0.321 e. The first-order chi connectivity index (χ1) is 14.4. The number of hydrogen-bond acceptors (Lipinski definition) is 4. The summed E-state index contributed by atoms with van der Waals surface area (Å²) < 4.78 is 1.12. The average molecular weight is 406 g/mol. The van der Waals surface area contributed by atoms with E-state index in [1.807, 2.05) is 51.1 Å². The van der Waals surface area contributed by atoms with Gasteiger partial charge in [-0.05, 0) is 38.0 Å². The van der Waals surface area contributed by atoms with Crippen molar-refractivity contribution < 1.29 is 9.59 Å². The molecule has 1 heterocycles. The number of unbranched alkanes of at least 4 members (excludes halogenated alkanes) is 1. The van der Waals surface area contributed by atoms with Crippen molar-refractivity contribution in [2.75, 3.05) is 6.54 Å². The van der Waals surface area contributed by atoms with Gasteiger partial charge in [-0.2, -0.15) is 5.10 Å². The Bertz CT molecular complexity index is 1150. The van der Waals surface area contributed by atoms with Crippen molar-refractivity contribution in [1.29, 1.82) is 0 Å². The lowest BCUT2D eigenvalue weighted by Crippen LogP contribution is -2.42. The third-order valence-electron chi connectivity index (χ3n) is 4.88. The van der Waals surface area contributed by atoms with Crippen LogP contribution >= 0.6 is 0 Å². The molecule has 1 aromatic heterocycles. The Balaban J connectivity index is 1.97. The second-order valence-corrected chi connectivity index (χ2v) is 7.33. The zero-order valence-electron chi connectivity index (χ0n) is 17.5. The number of urea groups is 1. The third kappa shape index (κ3) is 4.74. The zero-order valence-corrected chi connectivity index (χ0v) is 17.5. The van der Waals surface area contributed by atoms with E-state index in [0.717, 1.165) is 39.6 Å². The molecule has 3 aromatic rings. The van der Waals surface area contributed by atoms with E-state index in [-0.39, 0.29) is 12.1 Å². The minimum absolute atomic E-state index is 0.345. The van der Waals surface area contributed by atoms with Gasteiger partial charge in [-0.15, -0.1) is 0 Å². The largest absolute Gasteiger partial charge is 0.338 e. The van der Waals surface area contributed by atoms with Crippen LogP contribution in [0.25, 0.3) is 22.0 Å². The van der Waals surface area contributed by atoms with Crippen LogP contribution in [0.3, 0.4) is 0 Å². The first-order valence-electron chi connectivity index (χ1n) is 10.1. The van der Waals surface area contributed by atoms with Crippen LogP contribution in [0.15, 0.2) is 47.3 Å². The monoisotopic (exact) mass is 406 g/mol. The SMILES string of the molecule is CCCCNC(=O)NC(=O)Cn1nc(-c2cc(C)ccc2C)c2ccccc2c1=O. The molecule has 0 atom stereocenters. The highest BCUT2D eigenvalue weighted by atomic mass is 16.2. The number of nitrogens with one attached hydrogen (secondary N) is 2. The Labute approximate surface area is 175 Å². The third-order valence-corrected chi connectivity index (χ3v) is 4.88. The van der Waals surface area contributed by atoms with E-state index in [4.69, 9.17) is 0 Å². The van der Waals surface area contributed by atoms with E-state index in [2.05, 4.69) is 15.7 Å². The summed E-state index contributed by atoms with van der Waals surface area (Å²) in [6.07, 6.45) is 1.76. The van der Waals surface area contributed by atoms with Gasteiger partial charge in [-0.3, -0.25) is 14.9 Å². The van der Waals surface area contributed by atoms with Gasteiger partial charge in [0.05, 0.1) is 11.1 Å². The first-order valence-corrected chi connectivity index (χ1v) is 10.1. The van der Waals surface area contributed by atoms with E-state index in [9.17, 15) is 14.4 Å². The standard InChI is InChI=1S/C23H26N4O3/c1-4-5-12-24-23(30)25-20(28)14-27-22(29)18-9-7-6-8-17(18)21(26-27)19-13-15(2)10-11-16(19)3/h6-11,13H,4-5,12,14H2,1-3H3,(H2,24,25,28,30). The second kappa shape index (κ2) is 9.35. The number of rotatable bonds is 6. The summed E-state index contributed by atoms with van der Waals surface area (Å²) in [6.45, 7) is 6.12. The fourth-order valence-electron chi connectivity index (χ4n) is 3.26. The highest BCUT2D eigenvalue weighted by Gasteiger charge is 2.16. The number of benzene rings is 2. The van der Waals surface area contributed by atoms with Gasteiger partial charge >= 0.3 is 6.03 Å². The maximum Gasteiger partial charge on any atom is 0.321 e. The molecule has 0 saturated heterocycles. The normalized spacial score (nSPS) is 10.8. The number of aromatic nitrogens is 2. The van der Waals surface area contributed by atoms with Gasteiger partial charge in [0.25, 0.3) is 5.56 Å². The van der Waals surface area contributed by atoms with Crippen LogP contribution in [-0.2, 0) is 11.3 Å². The van der Waals surface area contributed by atoms with Gasteiger partial charge in [-0.1, -0.05) is 49.2 Å². The van der Waals surface area contributed by atoms with Crippen molar-refractivity contribution in [1.82, 2.24) is 20.4 Å². The first kappa shape index (κ1) is 21.2. The van der Waals surface area contributed by atoms with E-state index in [1.54, 1.807) is 12.1 Å². The molecule has 0 aliphatic heterocycles. The van der Waals surface area contributed by atoms with Crippen LogP contribution in [0, 0.1) is 13.8 Å². The molecule has 7 heteroatoms. The molecule has 0 aliphatic carbocycles. The average Bonchev–Trinajstić information content (AvgIpc) is 2.72. The highest BCUT2D eigenvalue weighted by molar-refractivity contribution is 5.96. The van der Waals surface area contributed by atoms with E-state index in [1.165, 1.54) is 0 Å². The number of carbonyl (C=O) groups is 2. The van der Waals surface area contributed by atoms with Crippen LogP contribution in [-0.4, -0.2) is 28.3 Å². The number of hydrogen-bond donors (Lipinski definition) is 2. The van der Waals surface area contributed by atoms with E-state index in [0.29, 0.717) is 17.6 Å². The lowest BCUT2D eigenvalue weighted by molar-refractivity contribution is -0.120. The van der Waals surface area contributed by atoms with Crippen molar-refractivity contribution >= 4 is 22.7 Å². The van der Waals surface area contributed by atoms with Crippen LogP contribution in [0.2, 0.25) is 0 Å². The van der Waals surface area contributed by atoms with E-state index >= 15 is 0 Å². The highest BCUT2D eigenvalue weighted by Crippen LogP contribution is 2.28. The van der Waals surface area contributed by atoms with E-state index < -0.39 is 11.9 Å². The lowest BCUT2D eigenvalue weighted by atomic mass is 9.99. The minimum atomic E-state index is -0.596. The summed E-state index contributed by atoms with van der Waals surface area (Å²) in [6, 6.07) is 12.7. The molecule has 0 bridgehead atoms. The number of aryl methyl sites for hydroxylation is 2. The maximum atomic E-state index is 12.9. The van der Waals surface area contributed by atoms with Crippen LogP contribution in [0.1, 0.15) is 30.9 Å². The summed E-state index contributed by atoms with van der Waals surface area (Å²) >= 11 is 0. The van der Waals surface area contributed by atoms with Crippen molar-refractivity contribution in [2.24, 2.45) is 0 Å². The summed E-state index contributed by atoms with van der Waals surface area (Å²) in [5.41, 5.74) is 3.24. The Morgan fingerprint density at radius 2 is 1.80 bits per heavy atom. The van der Waals surface area contributed by atoms with Crippen LogP contribution < -0.4 is 16.2 Å². The molecule has 3 amide bonds. The molecule has 2 aromatic carbocycles. The van der Waals surface area contributed by atoms with Crippen molar-refractivity contribution in [3.05, 3.63) is 63.9 Å². The number of carbonyl (C=O) groups excluding carboxylic acids is 2. The van der Waals surface area contributed by atoms with Crippen molar-refractivity contribution in [3.8, 4) is 11.3 Å². The number of amides is 3. The van der Waals surface area contributed by atoms with Gasteiger partial charge in [0.15, 0.2) is 0 Å². The van der Waals surface area contributed by atoms with Crippen molar-refractivity contribution in [2.45, 2.75) is 40.2 Å². The van der Waals surface area contributed by atoms with Gasteiger partial charge in [0.1, 0.15) is 6.54 Å². The summed E-state index contributed by atoms with van der Waals surface area (Å²) in [5.74, 6) is -0.596. The maximum absolute atomic E-state index is 12.9. The fourth-order valence-corrected chi connectivity index (χ4v) is 3.26. The van der Waals surface area contributed by atoms with Gasteiger partial charge < -0.3 is 5.32 Å². The Morgan fingerprint density at radius 1 is 1.07 bits per heavy atom. The molecule has 30 heavy (non-hydrogen) atoms. The quantitative estimate of drug-likeness (QED) is 0.614. The topological polar surface area (TPSA) is 93.1 Å². The van der Waals surface area contributed by atoms with Crippen LogP contribution in [0.4, 0.5) is 4.79 Å². The number of fused-ring (bicyclic) bond motifs is 1. The molecule has 0 fully saturated rings. The Kier molecular flexibility index (Phi) is 6.61. The number of nitrogens with zero attached hydrogens (tertiary/aromatic N) is 2. The number of imide groups is 1. The molecular formula is C23H26N4O3. The Hall–Kier alpha value is -3.48. The molecule has 3 rings (SSSR count). The molecule has 7 nitrogen and oxygen atoms in total. The van der Waals surface area contributed by atoms with Gasteiger partial charge in [0.2, 0.25) is 5.91 Å². The predicted octanol–water partition coefficient (Wildman–Crippen LogP) is 3.31. The molecule has 0 spiro atoms. The molecule has 0 aliphatic rings. The zero-order chi connectivity index (χ0) is 21.7. The molecular weight excluding hydrogens is 380 g/mol. The second-order valence-electron chi connectivity index (χ2n) is 7.33. The summed E-state index contributed by atoms with van der Waals surface area (Å²) in [5, 5.41) is 10.6. The van der Waals surface area contributed by atoms with Gasteiger partial charge in [-0.25, -0.2) is 9.48 Å². The minimum Gasteiger partial charge on any atom is -0.338 e. The Morgan fingerprint density at radius 3 is 2.53 bits per heavy atom. The fraction of sp³-hybridized carbons (Fsp3) is 0.304. The lowest BCUT2D eigenvalue weighted by Gasteiger charge is -2.13. The molecule has 0 radical (unpaired) electrons. The molecule has 156 valence electrons. The van der Waals surface area contributed by atoms with Crippen molar-refractivity contribution in [3.63, 3.8) is 0 Å². The summed E-state index contributed by atoms with van der Waals surface area (Å²) in [4.78, 5) is 37.1. The molecule has 0 unspecified atom stereocenters. The molecule has 2 N–H and O–H groups in total. The van der Waals surface area contributed by atoms with Crippen LogP contribution in [0.5, 0.6) is 0 Å². The predicted molar refractivity (Wildman–Crippen MR) is 117 cm³/mol. The molecule has 0 saturated carbocycles. The summed E-state index contributed by atoms with van der Waals surface area (Å²) in [7, 11) is 0.